The van der Waals surface area contributed by atoms with Gasteiger partial charge in [0.2, 0.25) is 10.0 Å². The van der Waals surface area contributed by atoms with Gasteiger partial charge in [0.1, 0.15) is 5.75 Å². The van der Waals surface area contributed by atoms with Crippen LogP contribution in [0.4, 0.5) is 0 Å². The second kappa shape index (κ2) is 6.79. The van der Waals surface area contributed by atoms with Crippen LogP contribution in [0.25, 0.3) is 0 Å². The maximum absolute atomic E-state index is 12.0. The third-order valence-electron chi connectivity index (χ3n) is 2.40. The van der Waals surface area contributed by atoms with Crippen molar-refractivity contribution in [1.29, 1.82) is 0 Å². The van der Waals surface area contributed by atoms with E-state index in [0.29, 0.717) is 16.8 Å². The number of methoxy groups -OCH3 is 1. The van der Waals surface area contributed by atoms with Gasteiger partial charge >= 0.3 is 0 Å². The summed E-state index contributed by atoms with van der Waals surface area (Å²) in [5.74, 6) is 0.603. The molecule has 0 spiro atoms. The van der Waals surface area contributed by atoms with Crippen molar-refractivity contribution in [2.45, 2.75) is 17.1 Å². The molecule has 7 heteroatoms. The van der Waals surface area contributed by atoms with Gasteiger partial charge in [0, 0.05) is 11.8 Å². The average molecular weight is 354 g/mol. The minimum Gasteiger partial charge on any atom is -0.496 e. The summed E-state index contributed by atoms with van der Waals surface area (Å²) >= 11 is 4.89. The van der Waals surface area contributed by atoms with Crippen LogP contribution >= 0.6 is 27.7 Å². The van der Waals surface area contributed by atoms with Crippen LogP contribution in [0.15, 0.2) is 27.6 Å². The van der Waals surface area contributed by atoms with Crippen LogP contribution in [-0.4, -0.2) is 33.6 Å². The fourth-order valence-corrected chi connectivity index (χ4v) is 3.41. The summed E-state index contributed by atoms with van der Waals surface area (Å²) in [4.78, 5) is 0.225. The number of nitrogens with one attached hydrogen (secondary N) is 1. The molecule has 0 heterocycles. The third-order valence-corrected chi connectivity index (χ3v) is 5.41. The normalized spacial score (nSPS) is 13.3. The van der Waals surface area contributed by atoms with E-state index >= 15 is 0 Å². The zero-order chi connectivity index (χ0) is 13.8. The molecule has 0 aliphatic rings. The Morgan fingerprint density at radius 3 is 2.67 bits per heavy atom. The third kappa shape index (κ3) is 4.15. The second-order valence-corrected chi connectivity index (χ2v) is 7.59. The summed E-state index contributed by atoms with van der Waals surface area (Å²) < 4.78 is 32.3. The van der Waals surface area contributed by atoms with Gasteiger partial charge in [-0.15, -0.1) is 0 Å². The summed E-state index contributed by atoms with van der Waals surface area (Å²) in [6.45, 7) is 2.38. The molecular weight excluding hydrogens is 338 g/mol. The van der Waals surface area contributed by atoms with Gasteiger partial charge in [-0.3, -0.25) is 0 Å². The van der Waals surface area contributed by atoms with E-state index in [1.807, 2.05) is 13.2 Å². The summed E-state index contributed by atoms with van der Waals surface area (Å²) in [6.07, 6.45) is 1.95. The molecule has 0 bridgehead atoms. The number of hydrogen-bond acceptors (Lipinski definition) is 4. The zero-order valence-corrected chi connectivity index (χ0v) is 13.7. The topological polar surface area (TPSA) is 55.4 Å². The molecule has 0 radical (unpaired) electrons. The lowest BCUT2D eigenvalue weighted by atomic mass is 10.3. The maximum atomic E-state index is 12.0. The monoisotopic (exact) mass is 353 g/mol. The van der Waals surface area contributed by atoms with Crippen molar-refractivity contribution in [2.75, 3.05) is 19.9 Å². The van der Waals surface area contributed by atoms with Crippen LogP contribution in [-0.2, 0) is 10.0 Å². The highest BCUT2D eigenvalue weighted by Crippen LogP contribution is 2.27. The molecule has 0 amide bonds. The molecule has 18 heavy (non-hydrogen) atoms. The molecular formula is C11H16BrNO3S2. The van der Waals surface area contributed by atoms with E-state index in [9.17, 15) is 8.42 Å². The molecule has 4 nitrogen and oxygen atoms in total. The summed E-state index contributed by atoms with van der Waals surface area (Å²) in [7, 11) is -1.93. The predicted octanol–water partition coefficient (Wildman–Crippen LogP) is 2.49. The summed E-state index contributed by atoms with van der Waals surface area (Å²) in [6, 6.07) is 4.68. The zero-order valence-electron chi connectivity index (χ0n) is 10.4. The summed E-state index contributed by atoms with van der Waals surface area (Å²) in [5, 5.41) is 0.237. The summed E-state index contributed by atoms with van der Waals surface area (Å²) in [5.41, 5.74) is 0. The number of rotatable bonds is 6. The Kier molecular flexibility index (Phi) is 5.97. The minimum atomic E-state index is -3.46. The van der Waals surface area contributed by atoms with Crippen LogP contribution in [0, 0.1) is 0 Å². The minimum absolute atomic E-state index is 0.225. The van der Waals surface area contributed by atoms with Gasteiger partial charge in [0.25, 0.3) is 0 Å². The van der Waals surface area contributed by atoms with E-state index in [2.05, 4.69) is 20.7 Å². The van der Waals surface area contributed by atoms with E-state index < -0.39 is 10.0 Å². The van der Waals surface area contributed by atoms with Crippen LogP contribution in [0.5, 0.6) is 5.75 Å². The van der Waals surface area contributed by atoms with E-state index in [-0.39, 0.29) is 10.1 Å². The molecule has 1 unspecified atom stereocenters. The van der Waals surface area contributed by atoms with E-state index in [4.69, 9.17) is 4.74 Å². The van der Waals surface area contributed by atoms with Crippen LogP contribution in [0.1, 0.15) is 6.92 Å². The van der Waals surface area contributed by atoms with Gasteiger partial charge in [-0.25, -0.2) is 13.1 Å². The first-order valence-electron chi connectivity index (χ1n) is 5.26. The van der Waals surface area contributed by atoms with Crippen molar-refractivity contribution in [3.05, 3.63) is 22.7 Å². The first-order valence-corrected chi connectivity index (χ1v) is 8.83. The maximum Gasteiger partial charge on any atom is 0.240 e. The average Bonchev–Trinajstić information content (AvgIpc) is 2.35. The molecule has 0 saturated heterocycles. The fourth-order valence-electron chi connectivity index (χ4n) is 1.21. The van der Waals surface area contributed by atoms with Crippen LogP contribution < -0.4 is 9.46 Å². The number of thioether (sulfide) groups is 1. The fraction of sp³-hybridized carbons (Fsp3) is 0.455. The lowest BCUT2D eigenvalue weighted by molar-refractivity contribution is 0.411. The Hall–Kier alpha value is -0.240. The first kappa shape index (κ1) is 15.8. The molecule has 0 saturated carbocycles. The van der Waals surface area contributed by atoms with Crippen molar-refractivity contribution in [3.8, 4) is 5.75 Å². The number of sulfonamides is 1. The Labute approximate surface area is 121 Å². The molecule has 0 aliphatic carbocycles. The second-order valence-electron chi connectivity index (χ2n) is 3.69. The molecule has 1 atom stereocenters. The first-order chi connectivity index (χ1) is 8.40. The van der Waals surface area contributed by atoms with Crippen molar-refractivity contribution in [2.24, 2.45) is 0 Å². The lowest BCUT2D eigenvalue weighted by Gasteiger charge is -2.11. The van der Waals surface area contributed by atoms with Crippen molar-refractivity contribution < 1.29 is 13.2 Å². The molecule has 102 valence electrons. The molecule has 1 aromatic carbocycles. The van der Waals surface area contributed by atoms with E-state index in [0.717, 1.165) is 0 Å². The van der Waals surface area contributed by atoms with Gasteiger partial charge in [-0.2, -0.15) is 11.8 Å². The number of ether oxygens (including phenoxy) is 1. The molecule has 1 aromatic rings. The number of hydrogen-bond donors (Lipinski definition) is 1. The molecule has 1 N–H and O–H groups in total. The predicted molar refractivity (Wildman–Crippen MR) is 78.9 cm³/mol. The van der Waals surface area contributed by atoms with Gasteiger partial charge in [0.15, 0.2) is 0 Å². The largest absolute Gasteiger partial charge is 0.496 e. The lowest BCUT2D eigenvalue weighted by Crippen LogP contribution is -2.29. The van der Waals surface area contributed by atoms with Crippen molar-refractivity contribution in [3.63, 3.8) is 0 Å². The highest BCUT2D eigenvalue weighted by molar-refractivity contribution is 9.10. The smallest absolute Gasteiger partial charge is 0.240 e. The standard InChI is InChI=1S/C11H16BrNO3S2/c1-8(17-3)7-13-18(14,15)9-4-5-11(16-2)10(12)6-9/h4-6,8,13H,7H2,1-3H3. The van der Waals surface area contributed by atoms with Gasteiger partial charge in [0.05, 0.1) is 16.5 Å². The van der Waals surface area contributed by atoms with Crippen LogP contribution in [0.3, 0.4) is 0 Å². The van der Waals surface area contributed by atoms with Crippen LogP contribution in [0.2, 0.25) is 0 Å². The Morgan fingerprint density at radius 2 is 2.17 bits per heavy atom. The highest BCUT2D eigenvalue weighted by Gasteiger charge is 2.16. The number of halogens is 1. The Bertz CT molecular complexity index is 505. The van der Waals surface area contributed by atoms with Crippen molar-refractivity contribution in [1.82, 2.24) is 4.72 Å². The van der Waals surface area contributed by atoms with E-state index in [1.54, 1.807) is 17.8 Å². The molecule has 0 aliphatic heterocycles. The van der Waals surface area contributed by atoms with Gasteiger partial charge in [-0.1, -0.05) is 6.92 Å². The van der Waals surface area contributed by atoms with Gasteiger partial charge in [-0.05, 0) is 40.4 Å². The quantitative estimate of drug-likeness (QED) is 0.853. The van der Waals surface area contributed by atoms with Crippen molar-refractivity contribution >= 4 is 37.7 Å². The Balaban J connectivity index is 2.88. The molecule has 1 rings (SSSR count). The highest BCUT2D eigenvalue weighted by atomic mass is 79.9. The molecule has 0 fully saturated rings. The van der Waals surface area contributed by atoms with E-state index in [1.165, 1.54) is 19.2 Å². The van der Waals surface area contributed by atoms with Gasteiger partial charge < -0.3 is 4.74 Å². The molecule has 0 aromatic heterocycles. The SMILES string of the molecule is COc1ccc(S(=O)(=O)NCC(C)SC)cc1Br. The number of benzene rings is 1. The Morgan fingerprint density at radius 1 is 1.50 bits per heavy atom.